The minimum Gasteiger partial charge on any atom is -0.488 e. The molecule has 0 radical (unpaired) electrons. The van der Waals surface area contributed by atoms with Gasteiger partial charge in [0.15, 0.2) is 0 Å². The zero-order chi connectivity index (χ0) is 21.9. The van der Waals surface area contributed by atoms with Crippen LogP contribution in [0.1, 0.15) is 44.6 Å². The van der Waals surface area contributed by atoms with Crippen LogP contribution in [0, 0.1) is 0 Å². The second-order valence-electron chi connectivity index (χ2n) is 8.91. The van der Waals surface area contributed by atoms with Crippen molar-refractivity contribution >= 4 is 22.5 Å². The van der Waals surface area contributed by atoms with Crippen molar-refractivity contribution in [3.8, 4) is 5.75 Å². The summed E-state index contributed by atoms with van der Waals surface area (Å²) in [7, 11) is 0. The van der Waals surface area contributed by atoms with Gasteiger partial charge in [0.2, 0.25) is 5.95 Å². The van der Waals surface area contributed by atoms with E-state index in [1.165, 1.54) is 0 Å². The molecule has 0 atom stereocenters. The number of nitrogens with two attached hydrogens (primary N) is 2. The number of fused-ring (bicyclic) bond motifs is 1. The molecule has 2 aliphatic rings. The van der Waals surface area contributed by atoms with Crippen LogP contribution in [0.15, 0.2) is 36.8 Å². The van der Waals surface area contributed by atoms with E-state index in [0.717, 1.165) is 74.0 Å². The van der Waals surface area contributed by atoms with E-state index < -0.39 is 0 Å². The normalized spacial score (nSPS) is 22.8. The van der Waals surface area contributed by atoms with Crippen molar-refractivity contribution in [2.24, 2.45) is 11.5 Å². The lowest BCUT2D eigenvalue weighted by molar-refractivity contribution is 0.149. The van der Waals surface area contributed by atoms with Gasteiger partial charge in [-0.2, -0.15) is 5.10 Å². The van der Waals surface area contributed by atoms with Crippen LogP contribution in [-0.2, 0) is 0 Å². The standard InChI is InChI=1S/C23H32N8O/c24-15-30-10-8-19(9-11-30)31-14-18(13-27-31)28-23-26-12-16-2-1-3-21(22(16)29-23)32-20-6-4-17(25)5-7-20/h1-3,12-14,17,19-20H,4-11,15,24-25H2,(H,26,28,29). The summed E-state index contributed by atoms with van der Waals surface area (Å²) in [5.41, 5.74) is 13.5. The van der Waals surface area contributed by atoms with Crippen LogP contribution in [0.3, 0.4) is 0 Å². The van der Waals surface area contributed by atoms with Gasteiger partial charge in [0.1, 0.15) is 11.3 Å². The first-order valence-electron chi connectivity index (χ1n) is 11.6. The second-order valence-corrected chi connectivity index (χ2v) is 8.91. The van der Waals surface area contributed by atoms with Crippen molar-refractivity contribution in [2.45, 2.75) is 56.7 Å². The first-order valence-corrected chi connectivity index (χ1v) is 11.6. The van der Waals surface area contributed by atoms with Crippen molar-refractivity contribution in [1.29, 1.82) is 0 Å². The van der Waals surface area contributed by atoms with Crippen LogP contribution in [0.5, 0.6) is 5.75 Å². The maximum atomic E-state index is 6.32. The Hall–Kier alpha value is -2.75. The molecule has 3 heterocycles. The lowest BCUT2D eigenvalue weighted by Crippen LogP contribution is -2.38. The summed E-state index contributed by atoms with van der Waals surface area (Å²) in [5, 5.41) is 8.83. The summed E-state index contributed by atoms with van der Waals surface area (Å²) in [5.74, 6) is 1.34. The molecule has 1 aromatic carbocycles. The van der Waals surface area contributed by atoms with E-state index >= 15 is 0 Å². The van der Waals surface area contributed by atoms with Crippen molar-refractivity contribution in [2.75, 3.05) is 25.1 Å². The van der Waals surface area contributed by atoms with Gasteiger partial charge in [-0.25, -0.2) is 9.97 Å². The largest absolute Gasteiger partial charge is 0.488 e. The number of nitrogens with zero attached hydrogens (tertiary/aromatic N) is 5. The smallest absolute Gasteiger partial charge is 0.227 e. The Balaban J connectivity index is 1.29. The maximum Gasteiger partial charge on any atom is 0.227 e. The average Bonchev–Trinajstić information content (AvgIpc) is 3.29. The number of ether oxygens (including phenoxy) is 1. The second kappa shape index (κ2) is 9.40. The Morgan fingerprint density at radius 3 is 2.66 bits per heavy atom. The fraction of sp³-hybridized carbons (Fsp3) is 0.522. The zero-order valence-electron chi connectivity index (χ0n) is 18.4. The molecule has 0 bridgehead atoms. The van der Waals surface area contributed by atoms with E-state index in [-0.39, 0.29) is 6.10 Å². The molecule has 0 amide bonds. The van der Waals surface area contributed by atoms with Gasteiger partial charge in [-0.1, -0.05) is 12.1 Å². The number of para-hydroxylation sites is 1. The number of piperidine rings is 1. The van der Waals surface area contributed by atoms with Gasteiger partial charge in [-0.05, 0) is 44.6 Å². The van der Waals surface area contributed by atoms with Gasteiger partial charge in [-0.15, -0.1) is 0 Å². The summed E-state index contributed by atoms with van der Waals surface area (Å²) in [6, 6.07) is 6.68. The predicted octanol–water partition coefficient (Wildman–Crippen LogP) is 2.77. The van der Waals surface area contributed by atoms with Gasteiger partial charge in [0.25, 0.3) is 0 Å². The first kappa shape index (κ1) is 21.1. The Morgan fingerprint density at radius 2 is 1.88 bits per heavy atom. The third-order valence-corrected chi connectivity index (χ3v) is 6.63. The number of hydrogen-bond acceptors (Lipinski definition) is 8. The highest BCUT2D eigenvalue weighted by atomic mass is 16.5. The summed E-state index contributed by atoms with van der Waals surface area (Å²) < 4.78 is 8.36. The Kier molecular flexibility index (Phi) is 6.20. The first-order chi connectivity index (χ1) is 15.7. The fourth-order valence-corrected chi connectivity index (χ4v) is 4.67. The SMILES string of the molecule is NCN1CCC(n2cc(Nc3ncc4cccc(OC5CCC(N)CC5)c4n3)cn2)CC1. The van der Waals surface area contributed by atoms with Crippen molar-refractivity contribution in [3.63, 3.8) is 0 Å². The van der Waals surface area contributed by atoms with E-state index in [4.69, 9.17) is 21.2 Å². The molecule has 0 unspecified atom stereocenters. The Bertz CT molecular complexity index is 1040. The number of likely N-dealkylation sites (tertiary alicyclic amines) is 1. The van der Waals surface area contributed by atoms with Crippen LogP contribution >= 0.6 is 0 Å². The molecule has 9 heteroatoms. The summed E-state index contributed by atoms with van der Waals surface area (Å²) in [4.78, 5) is 11.5. The van der Waals surface area contributed by atoms with Crippen LogP contribution in [0.25, 0.3) is 10.9 Å². The third kappa shape index (κ3) is 4.69. The third-order valence-electron chi connectivity index (χ3n) is 6.63. The van der Waals surface area contributed by atoms with Crippen LogP contribution in [0.4, 0.5) is 11.6 Å². The van der Waals surface area contributed by atoms with Crippen molar-refractivity contribution in [3.05, 3.63) is 36.8 Å². The predicted molar refractivity (Wildman–Crippen MR) is 125 cm³/mol. The highest BCUT2D eigenvalue weighted by Crippen LogP contribution is 2.29. The van der Waals surface area contributed by atoms with Crippen molar-refractivity contribution in [1.82, 2.24) is 24.6 Å². The molecule has 32 heavy (non-hydrogen) atoms. The van der Waals surface area contributed by atoms with E-state index in [1.807, 2.05) is 41.5 Å². The molecule has 2 aromatic heterocycles. The molecule has 3 aromatic rings. The number of anilines is 2. The number of benzene rings is 1. The molecular weight excluding hydrogens is 404 g/mol. The number of hydrogen-bond donors (Lipinski definition) is 3. The number of nitrogens with one attached hydrogen (secondary N) is 1. The molecular formula is C23H32N8O. The number of aromatic nitrogens is 4. The average molecular weight is 437 g/mol. The maximum absolute atomic E-state index is 6.32. The lowest BCUT2D eigenvalue weighted by Gasteiger charge is -2.30. The van der Waals surface area contributed by atoms with Gasteiger partial charge in [0.05, 0.1) is 24.0 Å². The van der Waals surface area contributed by atoms with E-state index in [0.29, 0.717) is 24.7 Å². The van der Waals surface area contributed by atoms with Crippen LogP contribution in [0.2, 0.25) is 0 Å². The highest BCUT2D eigenvalue weighted by Gasteiger charge is 2.22. The molecule has 2 fully saturated rings. The molecule has 5 N–H and O–H groups in total. The quantitative estimate of drug-likeness (QED) is 0.539. The molecule has 1 aliphatic carbocycles. The van der Waals surface area contributed by atoms with Gasteiger partial charge < -0.3 is 21.5 Å². The summed E-state index contributed by atoms with van der Waals surface area (Å²) in [6.07, 6.45) is 12.0. The van der Waals surface area contributed by atoms with E-state index in [2.05, 4.69) is 20.3 Å². The molecule has 5 rings (SSSR count). The fourth-order valence-electron chi connectivity index (χ4n) is 4.67. The Morgan fingerprint density at radius 1 is 1.06 bits per heavy atom. The molecule has 170 valence electrons. The monoisotopic (exact) mass is 436 g/mol. The van der Waals surface area contributed by atoms with E-state index in [1.54, 1.807) is 0 Å². The molecule has 9 nitrogen and oxygen atoms in total. The molecule has 1 saturated heterocycles. The Labute approximate surface area is 188 Å². The minimum atomic E-state index is 0.190. The summed E-state index contributed by atoms with van der Waals surface area (Å²) in [6.45, 7) is 2.64. The highest BCUT2D eigenvalue weighted by molar-refractivity contribution is 5.84. The molecule has 0 spiro atoms. The van der Waals surface area contributed by atoms with Gasteiger partial charge >= 0.3 is 0 Å². The van der Waals surface area contributed by atoms with Gasteiger partial charge in [0, 0.05) is 43.6 Å². The zero-order valence-corrected chi connectivity index (χ0v) is 18.4. The van der Waals surface area contributed by atoms with E-state index in [9.17, 15) is 0 Å². The van der Waals surface area contributed by atoms with Crippen LogP contribution < -0.4 is 21.5 Å². The van der Waals surface area contributed by atoms with Crippen molar-refractivity contribution < 1.29 is 4.74 Å². The van der Waals surface area contributed by atoms with Crippen LogP contribution in [-0.4, -0.2) is 56.6 Å². The topological polar surface area (TPSA) is 120 Å². The summed E-state index contributed by atoms with van der Waals surface area (Å²) >= 11 is 0. The minimum absolute atomic E-state index is 0.190. The molecule has 1 saturated carbocycles. The van der Waals surface area contributed by atoms with Gasteiger partial charge in [-0.3, -0.25) is 9.58 Å². The lowest BCUT2D eigenvalue weighted by atomic mass is 9.94. The molecule has 1 aliphatic heterocycles. The number of rotatable bonds is 6.